The first-order valence-corrected chi connectivity index (χ1v) is 14.3. The molecule has 0 unspecified atom stereocenters. The van der Waals surface area contributed by atoms with Crippen LogP contribution in [-0.2, 0) is 6.42 Å². The van der Waals surface area contributed by atoms with Gasteiger partial charge >= 0.3 is 0 Å². The monoisotopic (exact) mass is 784 g/mol. The van der Waals surface area contributed by atoms with Crippen molar-refractivity contribution in [1.82, 2.24) is 0 Å². The summed E-state index contributed by atoms with van der Waals surface area (Å²) in [6, 6.07) is 1.21. The molecule has 0 saturated heterocycles. The number of terminal acetylenes is 1. The van der Waals surface area contributed by atoms with Crippen LogP contribution in [0.5, 0.6) is 0 Å². The smallest absolute Gasteiger partial charge is 0.200 e. The van der Waals surface area contributed by atoms with Crippen LogP contribution in [0, 0.1) is 120 Å². The second kappa shape index (κ2) is 21.3. The molecule has 1 nitrogen and oxygen atoms in total. The third kappa shape index (κ3) is 10.4. The highest BCUT2D eigenvalue weighted by molar-refractivity contribution is 5.68. The van der Waals surface area contributed by atoms with E-state index in [-0.39, 0.29) is 34.2 Å². The Morgan fingerprint density at radius 3 is 1.26 bits per heavy atom. The summed E-state index contributed by atoms with van der Waals surface area (Å²) in [7, 11) is 1.00. The average Bonchev–Trinajstić information content (AvgIpc) is 3.17. The van der Waals surface area contributed by atoms with Gasteiger partial charge in [-0.25, -0.2) is 65.9 Å². The Balaban J connectivity index is 0.000000683. The van der Waals surface area contributed by atoms with E-state index in [0.29, 0.717) is 0 Å². The quantitative estimate of drug-likeness (QED) is 0.0946. The lowest BCUT2D eigenvalue weighted by Crippen LogP contribution is -2.05. The SMILES string of the molecule is C#Cc1c(F)c(F)c(F)c(F)c1F.C=Cc1cc(C)c(F)c(F)c1F.CO.[CH2]c1c(F)c(F)c(CC)c(F)c1F.[CH2]c1c(F)c(F)c(F)c(C=C)c1C=C. The van der Waals surface area contributed by atoms with Crippen molar-refractivity contribution in [2.75, 3.05) is 7.11 Å². The summed E-state index contributed by atoms with van der Waals surface area (Å²) in [5, 5.41) is 7.00. The van der Waals surface area contributed by atoms with Crippen LogP contribution in [0.1, 0.15) is 51.4 Å². The second-order valence-electron chi connectivity index (χ2n) is 9.74. The third-order valence-electron chi connectivity index (χ3n) is 6.64. The standard InChI is InChI=1S/C11H8F3.C9H7F4.C9H7F3.C8HF5.CH4O/c1-4-7-6(3)9(12)11(14)10(13)8(7)5-2;1-3-5-8(12)6(10)4(2)7(11)9(5)13;1-3-6-4-5(2)7(10)9(12)8(6)11;1-2-3-4(9)6(11)8(13)7(12)5(3)10;1-2/h4-5H,1-3H2;2-3H2,1H3;3-4H,1H2,2H3;1H;2H,1H3. The molecular formula is C38H27F15O. The largest absolute Gasteiger partial charge is 0.400 e. The molecule has 0 aliphatic rings. The van der Waals surface area contributed by atoms with Gasteiger partial charge in [0.15, 0.2) is 81.4 Å². The summed E-state index contributed by atoms with van der Waals surface area (Å²) in [6.45, 7) is 18.9. The number of aliphatic hydroxyl groups is 1. The van der Waals surface area contributed by atoms with Crippen molar-refractivity contribution in [2.24, 2.45) is 0 Å². The second-order valence-corrected chi connectivity index (χ2v) is 9.74. The summed E-state index contributed by atoms with van der Waals surface area (Å²) in [5.74, 6) is -22.3. The van der Waals surface area contributed by atoms with Gasteiger partial charge in [-0.15, -0.1) is 6.42 Å². The lowest BCUT2D eigenvalue weighted by molar-refractivity contribution is 0.376. The predicted molar refractivity (Wildman–Crippen MR) is 175 cm³/mol. The maximum Gasteiger partial charge on any atom is 0.200 e. The van der Waals surface area contributed by atoms with Crippen LogP contribution >= 0.6 is 0 Å². The van der Waals surface area contributed by atoms with Gasteiger partial charge in [0.05, 0.1) is 0 Å². The van der Waals surface area contributed by atoms with Gasteiger partial charge in [0, 0.05) is 29.4 Å². The normalized spacial score (nSPS) is 9.85. The van der Waals surface area contributed by atoms with Crippen molar-refractivity contribution in [3.8, 4) is 12.3 Å². The molecule has 4 aromatic carbocycles. The Bertz CT molecular complexity index is 1950. The Kier molecular flexibility index (Phi) is 19.2. The van der Waals surface area contributed by atoms with Crippen LogP contribution in [-0.4, -0.2) is 12.2 Å². The molecule has 4 rings (SSSR count). The highest BCUT2D eigenvalue weighted by Gasteiger charge is 2.25. The highest BCUT2D eigenvalue weighted by atomic mass is 19.2. The number of aliphatic hydroxyl groups excluding tert-OH is 1. The lowest BCUT2D eigenvalue weighted by Gasteiger charge is -2.09. The number of aryl methyl sites for hydroxylation is 1. The van der Waals surface area contributed by atoms with Gasteiger partial charge in [-0.2, -0.15) is 0 Å². The van der Waals surface area contributed by atoms with Crippen molar-refractivity contribution >= 4 is 18.2 Å². The lowest BCUT2D eigenvalue weighted by atomic mass is 10.0. The van der Waals surface area contributed by atoms with Crippen LogP contribution in [0.3, 0.4) is 0 Å². The van der Waals surface area contributed by atoms with Gasteiger partial charge in [-0.3, -0.25) is 0 Å². The summed E-state index contributed by atoms with van der Waals surface area (Å²) in [5.41, 5.74) is -2.87. The first-order valence-electron chi connectivity index (χ1n) is 14.3. The third-order valence-corrected chi connectivity index (χ3v) is 6.64. The molecule has 290 valence electrons. The number of benzene rings is 4. The molecule has 0 aliphatic heterocycles. The first kappa shape index (κ1) is 48.6. The molecular weight excluding hydrogens is 757 g/mol. The minimum atomic E-state index is -2.21. The van der Waals surface area contributed by atoms with E-state index in [9.17, 15) is 65.9 Å². The molecule has 54 heavy (non-hydrogen) atoms. The summed E-state index contributed by atoms with van der Waals surface area (Å²) >= 11 is 0. The van der Waals surface area contributed by atoms with Gasteiger partial charge in [0.1, 0.15) is 5.56 Å². The average molecular weight is 785 g/mol. The van der Waals surface area contributed by atoms with Crippen molar-refractivity contribution in [3.63, 3.8) is 0 Å². The maximum absolute atomic E-state index is 13.1. The van der Waals surface area contributed by atoms with Gasteiger partial charge in [-0.1, -0.05) is 50.8 Å². The van der Waals surface area contributed by atoms with E-state index in [1.54, 1.807) is 0 Å². The molecule has 4 aromatic rings. The zero-order valence-electron chi connectivity index (χ0n) is 28.2. The Labute approximate surface area is 300 Å². The molecule has 0 amide bonds. The van der Waals surface area contributed by atoms with Crippen LogP contribution in [0.25, 0.3) is 18.2 Å². The van der Waals surface area contributed by atoms with E-state index in [2.05, 4.69) is 40.0 Å². The molecule has 2 radical (unpaired) electrons. The van der Waals surface area contributed by atoms with Crippen molar-refractivity contribution < 1.29 is 71.0 Å². The maximum atomic E-state index is 13.1. The minimum absolute atomic E-state index is 0.0219. The molecule has 0 spiro atoms. The van der Waals surface area contributed by atoms with Crippen molar-refractivity contribution in [2.45, 2.75) is 20.3 Å². The van der Waals surface area contributed by atoms with Gasteiger partial charge < -0.3 is 5.11 Å². The number of rotatable bonds is 4. The predicted octanol–water partition coefficient (Wildman–Crippen LogP) is 11.6. The summed E-state index contributed by atoms with van der Waals surface area (Å²) < 4.78 is 190. The summed E-state index contributed by atoms with van der Waals surface area (Å²) in [6.07, 6.45) is 7.91. The molecule has 0 aliphatic carbocycles. The highest BCUT2D eigenvalue weighted by Crippen LogP contribution is 2.27. The molecule has 0 saturated carbocycles. The zero-order chi connectivity index (χ0) is 42.5. The molecule has 16 heteroatoms. The van der Waals surface area contributed by atoms with Crippen molar-refractivity contribution in [1.29, 1.82) is 0 Å². The number of halogens is 15. The van der Waals surface area contributed by atoms with E-state index >= 15 is 0 Å². The van der Waals surface area contributed by atoms with Gasteiger partial charge in [0.25, 0.3) is 0 Å². The zero-order valence-corrected chi connectivity index (χ0v) is 28.2. The fourth-order valence-corrected chi connectivity index (χ4v) is 3.85. The van der Waals surface area contributed by atoms with E-state index in [1.165, 1.54) is 31.9 Å². The topological polar surface area (TPSA) is 20.2 Å². The van der Waals surface area contributed by atoms with Gasteiger partial charge in [0.2, 0.25) is 5.82 Å². The molecule has 0 aromatic heterocycles. The number of hydrogen-bond acceptors (Lipinski definition) is 1. The fraction of sp³-hybridized carbons (Fsp3) is 0.105. The van der Waals surface area contributed by atoms with Crippen LogP contribution in [0.15, 0.2) is 25.8 Å². The van der Waals surface area contributed by atoms with Crippen LogP contribution in [0.4, 0.5) is 65.9 Å². The molecule has 0 atom stereocenters. The fourth-order valence-electron chi connectivity index (χ4n) is 3.85. The Morgan fingerprint density at radius 2 is 0.889 bits per heavy atom. The molecule has 0 heterocycles. The minimum Gasteiger partial charge on any atom is -0.400 e. The van der Waals surface area contributed by atoms with Crippen LogP contribution < -0.4 is 0 Å². The molecule has 0 bridgehead atoms. The first-order chi connectivity index (χ1) is 25.1. The molecule has 0 fully saturated rings. The Hall–Kier alpha value is -5.43. The van der Waals surface area contributed by atoms with E-state index in [4.69, 9.17) is 5.11 Å². The molecule has 1 N–H and O–H groups in total. The van der Waals surface area contributed by atoms with E-state index < -0.39 is 104 Å². The Morgan fingerprint density at radius 1 is 0.519 bits per heavy atom. The summed E-state index contributed by atoms with van der Waals surface area (Å²) in [4.78, 5) is 0. The van der Waals surface area contributed by atoms with E-state index in [0.717, 1.165) is 19.3 Å². The van der Waals surface area contributed by atoms with Crippen LogP contribution in [0.2, 0.25) is 0 Å². The van der Waals surface area contributed by atoms with Gasteiger partial charge in [-0.05, 0) is 49.9 Å². The van der Waals surface area contributed by atoms with Crippen molar-refractivity contribution in [3.05, 3.63) is 171 Å². The van der Waals surface area contributed by atoms with E-state index in [1.807, 2.05) is 0 Å². The number of hydrogen-bond donors (Lipinski definition) is 1.